The maximum Gasteiger partial charge on any atom is 0.0754 e. The summed E-state index contributed by atoms with van der Waals surface area (Å²) >= 11 is 0. The summed E-state index contributed by atoms with van der Waals surface area (Å²) in [7, 11) is 0. The van der Waals surface area contributed by atoms with Gasteiger partial charge in [-0.1, -0.05) is 188 Å². The van der Waals surface area contributed by atoms with Crippen LogP contribution in [0.1, 0.15) is 48.1 Å². The van der Waals surface area contributed by atoms with Gasteiger partial charge in [0, 0.05) is 5.70 Å². The Morgan fingerprint density at radius 2 is 0.953 bits per heavy atom. The molecule has 10 aromatic carbocycles. The highest BCUT2D eigenvalue weighted by atomic mass is 15.2. The molecule has 1 aliphatic heterocycles. The van der Waals surface area contributed by atoms with Crippen LogP contribution in [0.4, 0.5) is 11.4 Å². The van der Waals surface area contributed by atoms with Crippen molar-refractivity contribution in [2.24, 2.45) is 0 Å². The average molecular weight is 818 g/mol. The number of hydrogen-bond acceptors (Lipinski definition) is 1. The lowest BCUT2D eigenvalue weighted by molar-refractivity contribution is 0.744. The van der Waals surface area contributed by atoms with E-state index in [-0.39, 0.29) is 0 Å². The van der Waals surface area contributed by atoms with Gasteiger partial charge in [0.2, 0.25) is 0 Å². The summed E-state index contributed by atoms with van der Waals surface area (Å²) in [6, 6.07) is 71.3. The molecule has 0 saturated heterocycles. The Balaban J connectivity index is 1.22. The number of hydrogen-bond donors (Lipinski definition) is 0. The van der Waals surface area contributed by atoms with Crippen molar-refractivity contribution in [2.75, 3.05) is 4.90 Å². The smallest absolute Gasteiger partial charge is 0.0754 e. The summed E-state index contributed by atoms with van der Waals surface area (Å²) in [5, 5.41) is 10.1. The Bertz CT molecular complexity index is 3380. The number of anilines is 2. The molecule has 0 unspecified atom stereocenters. The SMILES string of the molecule is C=C/C(C)=C\C=C(/CC)N1c2ccccc2C2(c3cc(-c4c5ccccc5cc5ccccc45)ccc3-c3ccc(-c4c5ccccc5cc5ccccc45)cc32)c2cc(C)ccc21. The minimum absolute atomic E-state index is 0.641. The third-order valence-electron chi connectivity index (χ3n) is 14.1. The van der Waals surface area contributed by atoms with Crippen molar-refractivity contribution in [3.63, 3.8) is 0 Å². The molecule has 1 heteroatoms. The highest BCUT2D eigenvalue weighted by molar-refractivity contribution is 6.15. The van der Waals surface area contributed by atoms with Crippen LogP contribution in [0.15, 0.2) is 224 Å². The van der Waals surface area contributed by atoms with E-state index in [1.165, 1.54) is 121 Å². The third kappa shape index (κ3) is 5.50. The van der Waals surface area contributed by atoms with E-state index in [9.17, 15) is 0 Å². The Labute approximate surface area is 375 Å². The first-order chi connectivity index (χ1) is 31.5. The van der Waals surface area contributed by atoms with Gasteiger partial charge in [0.15, 0.2) is 0 Å². The number of fused-ring (bicyclic) bond motifs is 13. The van der Waals surface area contributed by atoms with Gasteiger partial charge >= 0.3 is 0 Å². The van der Waals surface area contributed by atoms with Gasteiger partial charge in [0.1, 0.15) is 0 Å². The molecular formula is C63H47N. The number of benzene rings is 10. The maximum absolute atomic E-state index is 4.06. The lowest BCUT2D eigenvalue weighted by Gasteiger charge is -2.46. The second-order valence-corrected chi connectivity index (χ2v) is 17.7. The summed E-state index contributed by atoms with van der Waals surface area (Å²) in [5.41, 5.74) is 18.2. The zero-order chi connectivity index (χ0) is 43.1. The van der Waals surface area contributed by atoms with Gasteiger partial charge < -0.3 is 4.90 Å². The Morgan fingerprint density at radius 3 is 1.45 bits per heavy atom. The van der Waals surface area contributed by atoms with Crippen LogP contribution < -0.4 is 4.90 Å². The second kappa shape index (κ2) is 14.7. The predicted molar refractivity (Wildman–Crippen MR) is 274 cm³/mol. The molecular weight excluding hydrogens is 771 g/mol. The fraction of sp³-hybridized carbons (Fsp3) is 0.0794. The summed E-state index contributed by atoms with van der Waals surface area (Å²) in [6.07, 6.45) is 7.29. The van der Waals surface area contributed by atoms with Crippen LogP contribution in [0, 0.1) is 6.92 Å². The van der Waals surface area contributed by atoms with Gasteiger partial charge in [0.25, 0.3) is 0 Å². The van der Waals surface area contributed by atoms with Gasteiger partial charge in [-0.25, -0.2) is 0 Å². The van der Waals surface area contributed by atoms with Gasteiger partial charge in [-0.3, -0.25) is 0 Å². The van der Waals surface area contributed by atoms with Gasteiger partial charge in [-0.2, -0.15) is 0 Å². The molecule has 0 amide bonds. The summed E-state index contributed by atoms with van der Waals surface area (Å²) in [6.45, 7) is 10.7. The lowest BCUT2D eigenvalue weighted by atomic mass is 9.64. The topological polar surface area (TPSA) is 3.24 Å². The van der Waals surface area contributed by atoms with E-state index in [0.717, 1.165) is 12.0 Å². The summed E-state index contributed by atoms with van der Waals surface area (Å²) < 4.78 is 0. The molecule has 0 bridgehead atoms. The van der Waals surface area contributed by atoms with Crippen molar-refractivity contribution in [1.29, 1.82) is 0 Å². The summed E-state index contributed by atoms with van der Waals surface area (Å²) in [4.78, 5) is 2.53. The summed E-state index contributed by atoms with van der Waals surface area (Å²) in [5.74, 6) is 0. The fourth-order valence-electron chi connectivity index (χ4n) is 11.2. The first kappa shape index (κ1) is 38.0. The highest BCUT2D eigenvalue weighted by Crippen LogP contribution is 2.64. The van der Waals surface area contributed by atoms with Crippen LogP contribution >= 0.6 is 0 Å². The molecule has 1 spiro atoms. The largest absolute Gasteiger partial charge is 0.314 e. The maximum atomic E-state index is 4.06. The third-order valence-corrected chi connectivity index (χ3v) is 14.1. The van der Waals surface area contributed by atoms with E-state index in [0.29, 0.717) is 0 Å². The molecule has 0 fully saturated rings. The van der Waals surface area contributed by atoms with E-state index in [1.807, 2.05) is 6.08 Å². The molecule has 0 atom stereocenters. The quantitative estimate of drug-likeness (QED) is 0.119. The predicted octanol–water partition coefficient (Wildman–Crippen LogP) is 17.2. The molecule has 0 radical (unpaired) electrons. The number of aryl methyl sites for hydroxylation is 1. The molecule has 0 saturated carbocycles. The van der Waals surface area contributed by atoms with E-state index in [4.69, 9.17) is 0 Å². The lowest BCUT2D eigenvalue weighted by Crippen LogP contribution is -2.37. The second-order valence-electron chi connectivity index (χ2n) is 17.7. The number of para-hydroxylation sites is 1. The molecule has 0 N–H and O–H groups in total. The molecule has 1 aliphatic carbocycles. The average Bonchev–Trinajstić information content (AvgIpc) is 3.62. The zero-order valence-electron chi connectivity index (χ0n) is 36.5. The van der Waals surface area contributed by atoms with Crippen molar-refractivity contribution in [1.82, 2.24) is 0 Å². The zero-order valence-corrected chi connectivity index (χ0v) is 36.5. The van der Waals surface area contributed by atoms with Crippen LogP contribution in [0.3, 0.4) is 0 Å². The van der Waals surface area contributed by atoms with Crippen LogP contribution in [0.5, 0.6) is 0 Å². The fourth-order valence-corrected chi connectivity index (χ4v) is 11.2. The van der Waals surface area contributed by atoms with Gasteiger partial charge in [0.05, 0.1) is 16.8 Å². The number of rotatable bonds is 6. The molecule has 64 heavy (non-hydrogen) atoms. The van der Waals surface area contributed by atoms with Crippen molar-refractivity contribution >= 4 is 54.5 Å². The van der Waals surface area contributed by atoms with Crippen LogP contribution in [-0.2, 0) is 5.41 Å². The molecule has 10 aromatic rings. The molecule has 0 aromatic heterocycles. The van der Waals surface area contributed by atoms with Crippen molar-refractivity contribution in [3.05, 3.63) is 252 Å². The van der Waals surface area contributed by atoms with E-state index in [2.05, 4.69) is 232 Å². The van der Waals surface area contributed by atoms with Crippen molar-refractivity contribution in [2.45, 2.75) is 32.6 Å². The first-order valence-corrected chi connectivity index (χ1v) is 22.6. The Hall–Kier alpha value is -7.74. The Kier molecular flexibility index (Phi) is 8.71. The standard InChI is InChI=1S/C63H47N/c1-5-40(3)27-31-48(6-2)64-59-26-16-15-25-55(59)63(58-35-41(4)28-34-60(58)64)56-38-46(61-49-21-11-7-17-42(49)36-43-18-8-12-22-50(43)61)29-32-53(56)54-33-30-47(39-57(54)63)62-51-23-13-9-19-44(51)37-45-20-10-14-24-52(45)62/h5,7-39H,1,6H2,2-4H3/b40-27-,48-31+. The van der Waals surface area contributed by atoms with Crippen LogP contribution in [0.2, 0.25) is 0 Å². The highest BCUT2D eigenvalue weighted by Gasteiger charge is 2.52. The van der Waals surface area contributed by atoms with Crippen LogP contribution in [0.25, 0.3) is 76.5 Å². The first-order valence-electron chi connectivity index (χ1n) is 22.6. The Morgan fingerprint density at radius 1 is 0.484 bits per heavy atom. The minimum Gasteiger partial charge on any atom is -0.314 e. The molecule has 2 aliphatic rings. The van der Waals surface area contributed by atoms with E-state index in [1.54, 1.807) is 0 Å². The number of nitrogens with zero attached hydrogens (tertiary/aromatic N) is 1. The van der Waals surface area contributed by atoms with E-state index >= 15 is 0 Å². The molecule has 1 heterocycles. The van der Waals surface area contributed by atoms with Crippen LogP contribution in [-0.4, -0.2) is 0 Å². The van der Waals surface area contributed by atoms with Crippen molar-refractivity contribution < 1.29 is 0 Å². The normalized spacial score (nSPS) is 14.0. The molecule has 1 nitrogen and oxygen atoms in total. The van der Waals surface area contributed by atoms with Gasteiger partial charge in [-0.05, 0) is 161 Å². The van der Waals surface area contributed by atoms with E-state index < -0.39 is 5.41 Å². The monoisotopic (exact) mass is 817 g/mol. The molecule has 12 rings (SSSR count). The van der Waals surface area contributed by atoms with Crippen molar-refractivity contribution in [3.8, 4) is 33.4 Å². The van der Waals surface area contributed by atoms with Gasteiger partial charge in [-0.15, -0.1) is 0 Å². The number of allylic oxidation sites excluding steroid dienone is 5. The molecule has 304 valence electrons. The minimum atomic E-state index is -0.641.